The summed E-state index contributed by atoms with van der Waals surface area (Å²) in [6, 6.07) is 4.76. The fourth-order valence-corrected chi connectivity index (χ4v) is 3.80. The summed E-state index contributed by atoms with van der Waals surface area (Å²) < 4.78 is 0. The molecule has 7 nitrogen and oxygen atoms in total. The fourth-order valence-electron chi connectivity index (χ4n) is 2.92. The van der Waals surface area contributed by atoms with Crippen LogP contribution in [0.5, 0.6) is 0 Å². The molecule has 2 aromatic rings. The van der Waals surface area contributed by atoms with E-state index in [0.717, 1.165) is 17.8 Å². The van der Waals surface area contributed by atoms with Gasteiger partial charge in [-0.3, -0.25) is 14.6 Å². The van der Waals surface area contributed by atoms with Crippen molar-refractivity contribution in [3.05, 3.63) is 46.2 Å². The van der Waals surface area contributed by atoms with E-state index in [2.05, 4.69) is 22.2 Å². The number of aromatic nitrogens is 2. The Balaban J connectivity index is 1.56. The number of aliphatic hydroxyl groups is 1. The Morgan fingerprint density at radius 3 is 2.92 bits per heavy atom. The van der Waals surface area contributed by atoms with E-state index in [1.165, 1.54) is 11.3 Å². The molecular formula is C18H22N4O3S. The van der Waals surface area contributed by atoms with E-state index in [0.29, 0.717) is 24.4 Å². The molecule has 0 radical (unpaired) electrons. The standard InChI is InChI=1S/C18H22N4O3S/c1-2-5-16-20-14(11-26-16)17(24)21-12-7-9-22(10-15(12)23)18(25)13-6-3-4-8-19-13/h3-4,6,8,11-12,15,23H,2,5,7,9-10H2,1H3,(H,21,24)/t12-,15-/m1/s1. The maximum absolute atomic E-state index is 12.4. The Bertz CT molecular complexity index is 765. The Hall–Kier alpha value is -2.32. The molecule has 2 atom stereocenters. The normalized spacial score (nSPS) is 20.0. The SMILES string of the molecule is CCCc1nc(C(=O)N[C@@H]2CCN(C(=O)c3ccccn3)C[C@H]2O)cs1. The maximum Gasteiger partial charge on any atom is 0.272 e. The predicted molar refractivity (Wildman–Crippen MR) is 98.1 cm³/mol. The molecule has 0 unspecified atom stereocenters. The Morgan fingerprint density at radius 1 is 1.38 bits per heavy atom. The zero-order chi connectivity index (χ0) is 18.5. The van der Waals surface area contributed by atoms with Crippen LogP contribution in [0.4, 0.5) is 0 Å². The molecule has 1 aliphatic heterocycles. The summed E-state index contributed by atoms with van der Waals surface area (Å²) in [4.78, 5) is 34.7. The van der Waals surface area contributed by atoms with Crippen molar-refractivity contribution in [3.8, 4) is 0 Å². The second-order valence-corrected chi connectivity index (χ2v) is 7.22. The van der Waals surface area contributed by atoms with Crippen LogP contribution in [0, 0.1) is 0 Å². The topological polar surface area (TPSA) is 95.4 Å². The van der Waals surface area contributed by atoms with Gasteiger partial charge in [0.15, 0.2) is 0 Å². The average Bonchev–Trinajstić information content (AvgIpc) is 3.12. The molecular weight excluding hydrogens is 352 g/mol. The van der Waals surface area contributed by atoms with Gasteiger partial charge in [-0.1, -0.05) is 13.0 Å². The van der Waals surface area contributed by atoms with Crippen LogP contribution in [0.2, 0.25) is 0 Å². The second-order valence-electron chi connectivity index (χ2n) is 6.28. The first-order chi connectivity index (χ1) is 12.6. The number of nitrogens with zero attached hydrogens (tertiary/aromatic N) is 3. The van der Waals surface area contributed by atoms with Crippen LogP contribution in [0.3, 0.4) is 0 Å². The van der Waals surface area contributed by atoms with E-state index in [1.807, 2.05) is 0 Å². The second kappa shape index (κ2) is 8.37. The van der Waals surface area contributed by atoms with Gasteiger partial charge < -0.3 is 15.3 Å². The number of β-amino-alcohol motifs (C(OH)–C–C–N with tert-alkyl or cyclic N) is 1. The Labute approximate surface area is 156 Å². The number of nitrogens with one attached hydrogen (secondary N) is 1. The third-order valence-corrected chi connectivity index (χ3v) is 5.23. The van der Waals surface area contributed by atoms with E-state index < -0.39 is 12.1 Å². The molecule has 2 aromatic heterocycles. The first-order valence-electron chi connectivity index (χ1n) is 8.72. The van der Waals surface area contributed by atoms with Gasteiger partial charge in [-0.2, -0.15) is 0 Å². The van der Waals surface area contributed by atoms with Gasteiger partial charge in [0.25, 0.3) is 11.8 Å². The third kappa shape index (κ3) is 4.25. The number of rotatable bonds is 5. The molecule has 3 heterocycles. The predicted octanol–water partition coefficient (Wildman–Crippen LogP) is 1.50. The van der Waals surface area contributed by atoms with E-state index in [-0.39, 0.29) is 18.4 Å². The molecule has 26 heavy (non-hydrogen) atoms. The molecule has 138 valence electrons. The van der Waals surface area contributed by atoms with Crippen molar-refractivity contribution in [1.82, 2.24) is 20.2 Å². The molecule has 1 saturated heterocycles. The van der Waals surface area contributed by atoms with Crippen LogP contribution in [-0.4, -0.2) is 57.0 Å². The van der Waals surface area contributed by atoms with Crippen molar-refractivity contribution in [1.29, 1.82) is 0 Å². The molecule has 0 bridgehead atoms. The minimum Gasteiger partial charge on any atom is -0.389 e. The number of thiazole rings is 1. The molecule has 3 rings (SSSR count). The quantitative estimate of drug-likeness (QED) is 0.827. The highest BCUT2D eigenvalue weighted by molar-refractivity contribution is 7.09. The number of pyridine rings is 1. The molecule has 1 fully saturated rings. The van der Waals surface area contributed by atoms with Crippen LogP contribution in [0.25, 0.3) is 0 Å². The number of likely N-dealkylation sites (tertiary alicyclic amines) is 1. The van der Waals surface area contributed by atoms with Gasteiger partial charge >= 0.3 is 0 Å². The lowest BCUT2D eigenvalue weighted by atomic mass is 10.0. The molecule has 0 saturated carbocycles. The van der Waals surface area contributed by atoms with Crippen LogP contribution in [-0.2, 0) is 6.42 Å². The first-order valence-corrected chi connectivity index (χ1v) is 9.60. The smallest absolute Gasteiger partial charge is 0.272 e. The summed E-state index contributed by atoms with van der Waals surface area (Å²) in [5.74, 6) is -0.490. The molecule has 2 amide bonds. The van der Waals surface area contributed by atoms with Crippen molar-refractivity contribution in [2.45, 2.75) is 38.3 Å². The third-order valence-electron chi connectivity index (χ3n) is 4.32. The Kier molecular flexibility index (Phi) is 5.95. The van der Waals surface area contributed by atoms with E-state index in [4.69, 9.17) is 0 Å². The number of amides is 2. The maximum atomic E-state index is 12.4. The first kappa shape index (κ1) is 18.5. The molecule has 0 aromatic carbocycles. The van der Waals surface area contributed by atoms with Crippen LogP contribution < -0.4 is 5.32 Å². The van der Waals surface area contributed by atoms with Gasteiger partial charge in [0.2, 0.25) is 0 Å². The number of hydrogen-bond acceptors (Lipinski definition) is 6. The molecule has 1 aliphatic rings. The van der Waals surface area contributed by atoms with Crippen molar-refractivity contribution in [3.63, 3.8) is 0 Å². The number of aryl methyl sites for hydroxylation is 1. The minimum atomic E-state index is -0.825. The number of aliphatic hydroxyl groups excluding tert-OH is 1. The fraction of sp³-hybridized carbons (Fsp3) is 0.444. The van der Waals surface area contributed by atoms with Crippen molar-refractivity contribution < 1.29 is 14.7 Å². The van der Waals surface area contributed by atoms with Gasteiger partial charge in [-0.15, -0.1) is 11.3 Å². The lowest BCUT2D eigenvalue weighted by Gasteiger charge is -2.36. The molecule has 0 spiro atoms. The van der Waals surface area contributed by atoms with E-state index in [1.54, 1.807) is 34.7 Å². The summed E-state index contributed by atoms with van der Waals surface area (Å²) >= 11 is 1.47. The van der Waals surface area contributed by atoms with Crippen molar-refractivity contribution in [2.75, 3.05) is 13.1 Å². The lowest BCUT2D eigenvalue weighted by molar-refractivity contribution is 0.0310. The number of hydrogen-bond donors (Lipinski definition) is 2. The lowest BCUT2D eigenvalue weighted by Crippen LogP contribution is -2.55. The van der Waals surface area contributed by atoms with Gasteiger partial charge in [-0.05, 0) is 31.4 Å². The largest absolute Gasteiger partial charge is 0.389 e. The minimum absolute atomic E-state index is 0.165. The molecule has 0 aliphatic carbocycles. The summed E-state index contributed by atoms with van der Waals surface area (Å²) in [5, 5.41) is 15.9. The highest BCUT2D eigenvalue weighted by Crippen LogP contribution is 2.16. The summed E-state index contributed by atoms with van der Waals surface area (Å²) in [7, 11) is 0. The highest BCUT2D eigenvalue weighted by Gasteiger charge is 2.32. The molecule has 2 N–H and O–H groups in total. The zero-order valence-electron chi connectivity index (χ0n) is 14.6. The number of carbonyl (C=O) groups is 2. The van der Waals surface area contributed by atoms with Crippen LogP contribution >= 0.6 is 11.3 Å². The number of carbonyl (C=O) groups excluding carboxylic acids is 2. The monoisotopic (exact) mass is 374 g/mol. The van der Waals surface area contributed by atoms with Crippen LogP contribution in [0.1, 0.15) is 45.7 Å². The van der Waals surface area contributed by atoms with Crippen molar-refractivity contribution in [2.24, 2.45) is 0 Å². The van der Waals surface area contributed by atoms with Gasteiger partial charge in [0, 0.05) is 24.7 Å². The summed E-state index contributed by atoms with van der Waals surface area (Å²) in [6.07, 6.45) is 3.06. The van der Waals surface area contributed by atoms with E-state index >= 15 is 0 Å². The summed E-state index contributed by atoms with van der Waals surface area (Å²) in [6.45, 7) is 2.69. The van der Waals surface area contributed by atoms with Gasteiger partial charge in [0.05, 0.1) is 17.2 Å². The summed E-state index contributed by atoms with van der Waals surface area (Å²) in [5.41, 5.74) is 0.741. The van der Waals surface area contributed by atoms with E-state index in [9.17, 15) is 14.7 Å². The molecule has 8 heteroatoms. The Morgan fingerprint density at radius 2 is 2.23 bits per heavy atom. The van der Waals surface area contributed by atoms with Gasteiger partial charge in [-0.25, -0.2) is 4.98 Å². The van der Waals surface area contributed by atoms with Crippen molar-refractivity contribution >= 4 is 23.2 Å². The number of piperidine rings is 1. The average molecular weight is 374 g/mol. The highest BCUT2D eigenvalue weighted by atomic mass is 32.1. The van der Waals surface area contributed by atoms with Gasteiger partial charge in [0.1, 0.15) is 11.4 Å². The zero-order valence-corrected chi connectivity index (χ0v) is 15.4. The van der Waals surface area contributed by atoms with Crippen LogP contribution in [0.15, 0.2) is 29.8 Å².